The maximum absolute atomic E-state index is 13.3. The number of carboxylic acids is 1. The fourth-order valence-corrected chi connectivity index (χ4v) is 5.31. The molecular weight excluding hydrogens is 386 g/mol. The van der Waals surface area contributed by atoms with Crippen molar-refractivity contribution < 1.29 is 19.5 Å². The van der Waals surface area contributed by atoms with Gasteiger partial charge in [-0.05, 0) is 43.0 Å². The number of nitrogens with two attached hydrogens (primary N) is 1. The van der Waals surface area contributed by atoms with Crippen molar-refractivity contribution >= 4 is 17.8 Å². The van der Waals surface area contributed by atoms with Crippen LogP contribution in [0.5, 0.6) is 0 Å². The van der Waals surface area contributed by atoms with Crippen molar-refractivity contribution in [2.45, 2.75) is 25.4 Å². The molecule has 0 aromatic carbocycles. The van der Waals surface area contributed by atoms with Gasteiger partial charge in [0.2, 0.25) is 11.8 Å². The highest BCUT2D eigenvalue weighted by molar-refractivity contribution is 5.89. The minimum atomic E-state index is -0.981. The summed E-state index contributed by atoms with van der Waals surface area (Å²) in [5.41, 5.74) is 6.26. The van der Waals surface area contributed by atoms with Gasteiger partial charge in [0.25, 0.3) is 0 Å². The van der Waals surface area contributed by atoms with Crippen molar-refractivity contribution in [3.63, 3.8) is 0 Å². The summed E-state index contributed by atoms with van der Waals surface area (Å²) in [6, 6.07) is 3.27. The standard InChI is InChI=1S/C21H29N5O4/c1-24-13-21(11-16(21)18(22)27)10-15(20(29)30)17(24)19(28)26-8-6-25(7-9-26)12-14-2-4-23-5-3-14/h2-5,15-17H,6-13H2,1H3,(H2,22,27)(H,29,30). The van der Waals surface area contributed by atoms with E-state index in [1.54, 1.807) is 24.3 Å². The van der Waals surface area contributed by atoms with E-state index >= 15 is 0 Å². The third kappa shape index (κ3) is 3.91. The van der Waals surface area contributed by atoms with E-state index in [1.165, 1.54) is 5.56 Å². The molecule has 2 aliphatic heterocycles. The Hall–Kier alpha value is -2.52. The van der Waals surface area contributed by atoms with Crippen LogP contribution < -0.4 is 5.73 Å². The lowest BCUT2D eigenvalue weighted by Gasteiger charge is -2.44. The Bertz CT molecular complexity index is 826. The van der Waals surface area contributed by atoms with Crippen LogP contribution in [-0.4, -0.2) is 88.4 Å². The molecule has 4 atom stereocenters. The van der Waals surface area contributed by atoms with Gasteiger partial charge in [-0.25, -0.2) is 0 Å². The average Bonchev–Trinajstić information content (AvgIpc) is 3.41. The van der Waals surface area contributed by atoms with Gasteiger partial charge >= 0.3 is 5.97 Å². The summed E-state index contributed by atoms with van der Waals surface area (Å²) in [5.74, 6) is -2.59. The first-order valence-electron chi connectivity index (χ1n) is 10.4. The summed E-state index contributed by atoms with van der Waals surface area (Å²) in [7, 11) is 1.79. The Morgan fingerprint density at radius 2 is 1.83 bits per heavy atom. The van der Waals surface area contributed by atoms with Crippen LogP contribution in [0.2, 0.25) is 0 Å². The Balaban J connectivity index is 1.39. The minimum Gasteiger partial charge on any atom is -0.481 e. The predicted molar refractivity (Wildman–Crippen MR) is 108 cm³/mol. The molecule has 1 saturated carbocycles. The molecule has 162 valence electrons. The molecule has 1 aromatic rings. The first kappa shape index (κ1) is 20.7. The fraction of sp³-hybridized carbons (Fsp3) is 0.619. The maximum atomic E-state index is 13.3. The fourth-order valence-electron chi connectivity index (χ4n) is 5.31. The Kier molecular flexibility index (Phi) is 5.50. The van der Waals surface area contributed by atoms with Gasteiger partial charge < -0.3 is 15.7 Å². The van der Waals surface area contributed by atoms with Gasteiger partial charge in [-0.3, -0.25) is 29.2 Å². The van der Waals surface area contributed by atoms with Crippen LogP contribution in [0.1, 0.15) is 18.4 Å². The number of pyridine rings is 1. The normalized spacial score (nSPS) is 32.2. The number of carbonyl (C=O) groups is 3. The van der Waals surface area contributed by atoms with Crippen LogP contribution in [-0.2, 0) is 20.9 Å². The van der Waals surface area contributed by atoms with E-state index in [0.717, 1.165) is 19.6 Å². The van der Waals surface area contributed by atoms with Crippen LogP contribution in [0.15, 0.2) is 24.5 Å². The molecule has 3 aliphatic rings. The molecule has 30 heavy (non-hydrogen) atoms. The summed E-state index contributed by atoms with van der Waals surface area (Å²) in [6.45, 7) is 3.99. The van der Waals surface area contributed by atoms with Gasteiger partial charge in [0, 0.05) is 57.6 Å². The number of piperidine rings is 1. The number of carboxylic acid groups (broad SMARTS) is 1. The first-order valence-corrected chi connectivity index (χ1v) is 10.4. The number of carbonyl (C=O) groups excluding carboxylic acids is 2. The smallest absolute Gasteiger partial charge is 0.308 e. The number of amides is 2. The molecule has 3 N–H and O–H groups in total. The second-order valence-corrected chi connectivity index (χ2v) is 8.99. The van der Waals surface area contributed by atoms with Crippen molar-refractivity contribution in [3.05, 3.63) is 30.1 Å². The molecule has 1 aromatic heterocycles. The highest BCUT2D eigenvalue weighted by Crippen LogP contribution is 2.59. The van der Waals surface area contributed by atoms with Crippen molar-refractivity contribution in [1.29, 1.82) is 0 Å². The number of nitrogens with zero attached hydrogens (tertiary/aromatic N) is 4. The molecule has 3 heterocycles. The summed E-state index contributed by atoms with van der Waals surface area (Å²) in [5, 5.41) is 9.84. The highest BCUT2D eigenvalue weighted by Gasteiger charge is 2.63. The molecular formula is C21H29N5O4. The quantitative estimate of drug-likeness (QED) is 0.673. The van der Waals surface area contributed by atoms with E-state index in [0.29, 0.717) is 32.5 Å². The SMILES string of the molecule is CN1CC2(CC(C(=O)O)C1C(=O)N1CCN(Cc3ccncc3)CC1)CC2C(N)=O. The topological polar surface area (TPSA) is 120 Å². The molecule has 4 rings (SSSR count). The third-order valence-electron chi connectivity index (χ3n) is 6.99. The lowest BCUT2D eigenvalue weighted by Crippen LogP contribution is -2.60. The number of hydrogen-bond donors (Lipinski definition) is 2. The number of primary amides is 1. The number of piperazine rings is 1. The second-order valence-electron chi connectivity index (χ2n) is 8.99. The first-order chi connectivity index (χ1) is 14.3. The number of aliphatic carboxylic acids is 1. The van der Waals surface area contributed by atoms with E-state index in [1.807, 2.05) is 17.0 Å². The number of aromatic nitrogens is 1. The van der Waals surface area contributed by atoms with Gasteiger partial charge in [0.05, 0.1) is 5.92 Å². The summed E-state index contributed by atoms with van der Waals surface area (Å²) in [6.07, 6.45) is 4.49. The van der Waals surface area contributed by atoms with E-state index in [2.05, 4.69) is 9.88 Å². The van der Waals surface area contributed by atoms with Gasteiger partial charge in [-0.15, -0.1) is 0 Å². The Morgan fingerprint density at radius 1 is 1.17 bits per heavy atom. The van der Waals surface area contributed by atoms with E-state index in [4.69, 9.17) is 5.73 Å². The number of likely N-dealkylation sites (tertiary alicyclic amines) is 1. The van der Waals surface area contributed by atoms with E-state index < -0.39 is 17.9 Å². The van der Waals surface area contributed by atoms with Gasteiger partial charge in [-0.1, -0.05) is 0 Å². The summed E-state index contributed by atoms with van der Waals surface area (Å²) < 4.78 is 0. The number of hydrogen-bond acceptors (Lipinski definition) is 6. The molecule has 9 nitrogen and oxygen atoms in total. The Labute approximate surface area is 175 Å². The van der Waals surface area contributed by atoms with Gasteiger partial charge in [-0.2, -0.15) is 0 Å². The monoisotopic (exact) mass is 415 g/mol. The number of rotatable bonds is 5. The van der Waals surface area contributed by atoms with E-state index in [9.17, 15) is 19.5 Å². The Morgan fingerprint density at radius 3 is 2.40 bits per heavy atom. The van der Waals surface area contributed by atoms with Crippen molar-refractivity contribution in [3.8, 4) is 0 Å². The minimum absolute atomic E-state index is 0.125. The van der Waals surface area contributed by atoms with Crippen LogP contribution in [0, 0.1) is 17.3 Å². The zero-order chi connectivity index (χ0) is 21.5. The highest BCUT2D eigenvalue weighted by atomic mass is 16.4. The molecule has 1 spiro atoms. The molecule has 2 amide bonds. The molecule has 0 radical (unpaired) electrons. The van der Waals surface area contributed by atoms with Crippen LogP contribution >= 0.6 is 0 Å². The lowest BCUT2D eigenvalue weighted by molar-refractivity contribution is -0.157. The molecule has 0 bridgehead atoms. The summed E-state index contributed by atoms with van der Waals surface area (Å²) >= 11 is 0. The predicted octanol–water partition coefficient (Wildman–Crippen LogP) is -0.378. The third-order valence-corrected chi connectivity index (χ3v) is 6.99. The zero-order valence-corrected chi connectivity index (χ0v) is 17.2. The lowest BCUT2D eigenvalue weighted by atomic mass is 9.79. The van der Waals surface area contributed by atoms with Gasteiger partial charge in [0.1, 0.15) is 6.04 Å². The number of likely N-dealkylation sites (N-methyl/N-ethyl adjacent to an activating group) is 1. The van der Waals surface area contributed by atoms with Gasteiger partial charge in [0.15, 0.2) is 0 Å². The van der Waals surface area contributed by atoms with Crippen LogP contribution in [0.25, 0.3) is 0 Å². The second kappa shape index (κ2) is 7.96. The average molecular weight is 415 g/mol. The molecule has 3 fully saturated rings. The molecule has 1 aliphatic carbocycles. The molecule has 2 saturated heterocycles. The molecule has 9 heteroatoms. The van der Waals surface area contributed by atoms with Crippen molar-refractivity contribution in [1.82, 2.24) is 19.7 Å². The maximum Gasteiger partial charge on any atom is 0.308 e. The zero-order valence-electron chi connectivity index (χ0n) is 17.2. The molecule has 4 unspecified atom stereocenters. The largest absolute Gasteiger partial charge is 0.481 e. The van der Waals surface area contributed by atoms with Crippen molar-refractivity contribution in [2.24, 2.45) is 23.0 Å². The van der Waals surface area contributed by atoms with E-state index in [-0.39, 0.29) is 23.1 Å². The summed E-state index contributed by atoms with van der Waals surface area (Å²) in [4.78, 5) is 46.9. The van der Waals surface area contributed by atoms with Crippen molar-refractivity contribution in [2.75, 3.05) is 39.8 Å². The van der Waals surface area contributed by atoms with Crippen LogP contribution in [0.3, 0.4) is 0 Å². The van der Waals surface area contributed by atoms with Crippen LogP contribution in [0.4, 0.5) is 0 Å².